The van der Waals surface area contributed by atoms with Gasteiger partial charge >= 0.3 is 0 Å². The molecule has 2 atom stereocenters. The quantitative estimate of drug-likeness (QED) is 0.804. The number of amides is 2. The molecule has 1 heterocycles. The first kappa shape index (κ1) is 16.8. The number of hydrogen-bond acceptors (Lipinski definition) is 4. The normalized spacial score (nSPS) is 19.7. The van der Waals surface area contributed by atoms with Crippen molar-refractivity contribution in [1.29, 1.82) is 0 Å². The molecule has 1 saturated heterocycles. The SMILES string of the molecule is CC(N)C1CCCN(C(=O)c2ccccc2SCC(N)=O)C1. The molecule has 0 aliphatic carbocycles. The lowest BCUT2D eigenvalue weighted by atomic mass is 9.92. The summed E-state index contributed by atoms with van der Waals surface area (Å²) in [5.41, 5.74) is 11.8. The van der Waals surface area contributed by atoms with E-state index in [0.29, 0.717) is 18.0 Å². The van der Waals surface area contributed by atoms with Crippen LogP contribution in [0.15, 0.2) is 29.2 Å². The highest BCUT2D eigenvalue weighted by molar-refractivity contribution is 8.00. The number of carbonyl (C=O) groups is 2. The summed E-state index contributed by atoms with van der Waals surface area (Å²) in [7, 11) is 0. The Morgan fingerprint density at radius 3 is 2.82 bits per heavy atom. The van der Waals surface area contributed by atoms with Crippen molar-refractivity contribution >= 4 is 23.6 Å². The summed E-state index contributed by atoms with van der Waals surface area (Å²) in [6.07, 6.45) is 2.05. The fraction of sp³-hybridized carbons (Fsp3) is 0.500. The minimum atomic E-state index is -0.387. The summed E-state index contributed by atoms with van der Waals surface area (Å²) in [4.78, 5) is 26.4. The Bertz CT molecular complexity index is 548. The summed E-state index contributed by atoms with van der Waals surface area (Å²) >= 11 is 1.31. The zero-order valence-electron chi connectivity index (χ0n) is 12.8. The van der Waals surface area contributed by atoms with Gasteiger partial charge in [0, 0.05) is 24.0 Å². The second kappa shape index (κ2) is 7.65. The van der Waals surface area contributed by atoms with E-state index in [9.17, 15) is 9.59 Å². The molecule has 0 aromatic heterocycles. The first-order valence-electron chi connectivity index (χ1n) is 7.54. The molecular formula is C16H23N3O2S. The molecule has 2 unspecified atom stereocenters. The fourth-order valence-electron chi connectivity index (χ4n) is 2.71. The number of likely N-dealkylation sites (tertiary alicyclic amines) is 1. The first-order chi connectivity index (χ1) is 10.5. The molecule has 1 aromatic carbocycles. The Hall–Kier alpha value is -1.53. The van der Waals surface area contributed by atoms with Crippen LogP contribution in [0.25, 0.3) is 0 Å². The van der Waals surface area contributed by atoms with Gasteiger partial charge in [0.05, 0.1) is 11.3 Å². The van der Waals surface area contributed by atoms with E-state index >= 15 is 0 Å². The number of primary amides is 1. The van der Waals surface area contributed by atoms with Gasteiger partial charge < -0.3 is 16.4 Å². The van der Waals surface area contributed by atoms with Crippen LogP contribution < -0.4 is 11.5 Å². The maximum Gasteiger partial charge on any atom is 0.254 e. The van der Waals surface area contributed by atoms with E-state index in [1.807, 2.05) is 30.0 Å². The summed E-state index contributed by atoms with van der Waals surface area (Å²) in [5, 5.41) is 0. The van der Waals surface area contributed by atoms with Crippen LogP contribution in [-0.4, -0.2) is 41.6 Å². The maximum absolute atomic E-state index is 12.8. The van der Waals surface area contributed by atoms with E-state index in [4.69, 9.17) is 11.5 Å². The second-order valence-electron chi connectivity index (χ2n) is 5.76. The van der Waals surface area contributed by atoms with Crippen LogP contribution >= 0.6 is 11.8 Å². The van der Waals surface area contributed by atoms with Crippen molar-refractivity contribution in [3.05, 3.63) is 29.8 Å². The standard InChI is InChI=1S/C16H23N3O2S/c1-11(17)12-5-4-8-19(9-12)16(21)13-6-2-3-7-14(13)22-10-15(18)20/h2-3,6-7,11-12H,4-5,8-10,17H2,1H3,(H2,18,20). The average Bonchev–Trinajstić information content (AvgIpc) is 2.52. The van der Waals surface area contributed by atoms with Gasteiger partial charge in [0.1, 0.15) is 0 Å². The molecule has 5 nitrogen and oxygen atoms in total. The van der Waals surface area contributed by atoms with Gasteiger partial charge in [-0.15, -0.1) is 11.8 Å². The third-order valence-electron chi connectivity index (χ3n) is 3.98. The largest absolute Gasteiger partial charge is 0.369 e. The van der Waals surface area contributed by atoms with E-state index < -0.39 is 0 Å². The van der Waals surface area contributed by atoms with Gasteiger partial charge in [-0.3, -0.25) is 9.59 Å². The van der Waals surface area contributed by atoms with Crippen LogP contribution in [0.2, 0.25) is 0 Å². The number of rotatable bonds is 5. The predicted octanol–water partition coefficient (Wildman–Crippen LogP) is 1.46. The van der Waals surface area contributed by atoms with Crippen LogP contribution in [0.4, 0.5) is 0 Å². The van der Waals surface area contributed by atoms with E-state index in [1.165, 1.54) is 11.8 Å². The maximum atomic E-state index is 12.8. The smallest absolute Gasteiger partial charge is 0.254 e. The second-order valence-corrected chi connectivity index (χ2v) is 6.78. The molecule has 1 fully saturated rings. The summed E-state index contributed by atoms with van der Waals surface area (Å²) < 4.78 is 0. The molecule has 6 heteroatoms. The van der Waals surface area contributed by atoms with Gasteiger partial charge in [0.15, 0.2) is 0 Å². The van der Waals surface area contributed by atoms with Gasteiger partial charge in [0.25, 0.3) is 5.91 Å². The van der Waals surface area contributed by atoms with Crippen LogP contribution in [0.5, 0.6) is 0 Å². The lowest BCUT2D eigenvalue weighted by Gasteiger charge is -2.35. The molecule has 0 bridgehead atoms. The minimum absolute atomic E-state index is 0.0120. The van der Waals surface area contributed by atoms with E-state index in [-0.39, 0.29) is 23.6 Å². The zero-order valence-corrected chi connectivity index (χ0v) is 13.6. The van der Waals surface area contributed by atoms with Crippen molar-refractivity contribution in [3.8, 4) is 0 Å². The highest BCUT2D eigenvalue weighted by Gasteiger charge is 2.27. The van der Waals surface area contributed by atoms with E-state index in [2.05, 4.69) is 0 Å². The van der Waals surface area contributed by atoms with Crippen molar-refractivity contribution in [1.82, 2.24) is 4.90 Å². The van der Waals surface area contributed by atoms with Crippen LogP contribution in [-0.2, 0) is 4.79 Å². The Morgan fingerprint density at radius 1 is 1.41 bits per heavy atom. The molecule has 1 aliphatic heterocycles. The molecular weight excluding hydrogens is 298 g/mol. The van der Waals surface area contributed by atoms with Crippen molar-refractivity contribution in [2.45, 2.75) is 30.7 Å². The molecule has 0 radical (unpaired) electrons. The van der Waals surface area contributed by atoms with Gasteiger partial charge in [-0.1, -0.05) is 12.1 Å². The molecule has 0 spiro atoms. The molecule has 120 valence electrons. The number of hydrogen-bond donors (Lipinski definition) is 2. The van der Waals surface area contributed by atoms with Crippen molar-refractivity contribution in [3.63, 3.8) is 0 Å². The number of thioether (sulfide) groups is 1. The third-order valence-corrected chi connectivity index (χ3v) is 5.07. The third kappa shape index (κ3) is 4.24. The van der Waals surface area contributed by atoms with Gasteiger partial charge in [-0.2, -0.15) is 0 Å². The molecule has 2 rings (SSSR count). The van der Waals surface area contributed by atoms with Crippen molar-refractivity contribution < 1.29 is 9.59 Å². The Labute approximate surface area is 135 Å². The van der Waals surface area contributed by atoms with Gasteiger partial charge in [0.2, 0.25) is 5.91 Å². The molecule has 0 saturated carbocycles. The molecule has 4 N–H and O–H groups in total. The first-order valence-corrected chi connectivity index (χ1v) is 8.52. The van der Waals surface area contributed by atoms with Crippen molar-refractivity contribution in [2.24, 2.45) is 17.4 Å². The molecule has 2 amide bonds. The van der Waals surface area contributed by atoms with Crippen LogP contribution in [0, 0.1) is 5.92 Å². The lowest BCUT2D eigenvalue weighted by Crippen LogP contribution is -2.45. The number of nitrogens with zero attached hydrogens (tertiary/aromatic N) is 1. The number of piperidine rings is 1. The minimum Gasteiger partial charge on any atom is -0.369 e. The highest BCUT2D eigenvalue weighted by atomic mass is 32.2. The van der Waals surface area contributed by atoms with Gasteiger partial charge in [-0.05, 0) is 37.8 Å². The number of nitrogens with two attached hydrogens (primary N) is 2. The Morgan fingerprint density at radius 2 is 2.14 bits per heavy atom. The van der Waals surface area contributed by atoms with Crippen LogP contribution in [0.1, 0.15) is 30.1 Å². The Balaban J connectivity index is 2.13. The van der Waals surface area contributed by atoms with E-state index in [0.717, 1.165) is 24.3 Å². The van der Waals surface area contributed by atoms with E-state index in [1.54, 1.807) is 6.07 Å². The highest BCUT2D eigenvalue weighted by Crippen LogP contribution is 2.26. The average molecular weight is 321 g/mol. The number of benzene rings is 1. The fourth-order valence-corrected chi connectivity index (χ4v) is 3.50. The predicted molar refractivity (Wildman–Crippen MR) is 88.6 cm³/mol. The monoisotopic (exact) mass is 321 g/mol. The number of carbonyl (C=O) groups excluding carboxylic acids is 2. The zero-order chi connectivity index (χ0) is 16.1. The lowest BCUT2D eigenvalue weighted by molar-refractivity contribution is -0.115. The van der Waals surface area contributed by atoms with Gasteiger partial charge in [-0.25, -0.2) is 0 Å². The van der Waals surface area contributed by atoms with Crippen LogP contribution in [0.3, 0.4) is 0 Å². The van der Waals surface area contributed by atoms with Crippen molar-refractivity contribution in [2.75, 3.05) is 18.8 Å². The summed E-state index contributed by atoms with van der Waals surface area (Å²) in [5.74, 6) is 0.149. The Kier molecular flexibility index (Phi) is 5.85. The summed E-state index contributed by atoms with van der Waals surface area (Å²) in [6.45, 7) is 3.46. The molecule has 1 aliphatic rings. The topological polar surface area (TPSA) is 89.4 Å². The summed E-state index contributed by atoms with van der Waals surface area (Å²) in [6, 6.07) is 7.46. The molecule has 22 heavy (non-hydrogen) atoms. The molecule has 1 aromatic rings.